The molecule has 14 heavy (non-hydrogen) atoms. The maximum absolute atomic E-state index is 5.57. The zero-order chi connectivity index (χ0) is 10.1. The third-order valence-corrected chi connectivity index (χ3v) is 2.63. The summed E-state index contributed by atoms with van der Waals surface area (Å²) in [4.78, 5) is 0.455. The van der Waals surface area contributed by atoms with Crippen molar-refractivity contribution in [2.45, 2.75) is 13.5 Å². The zero-order valence-corrected chi connectivity index (χ0v) is 8.84. The smallest absolute Gasteiger partial charge is 0.104 e. The van der Waals surface area contributed by atoms with Gasteiger partial charge in [-0.25, -0.2) is 0 Å². The molecule has 2 rings (SSSR count). The van der Waals surface area contributed by atoms with E-state index in [-0.39, 0.29) is 0 Å². The molecule has 0 aliphatic heterocycles. The van der Waals surface area contributed by atoms with Gasteiger partial charge in [0.1, 0.15) is 4.99 Å². The van der Waals surface area contributed by atoms with E-state index in [2.05, 4.69) is 29.8 Å². The highest BCUT2D eigenvalue weighted by atomic mass is 32.1. The fraction of sp³-hybridized carbons (Fsp3) is 0.182. The largest absolute Gasteiger partial charge is 0.389 e. The predicted octanol–water partition coefficient (Wildman–Crippen LogP) is 2.30. The number of nitrogens with zero attached hydrogens (tertiary/aromatic N) is 1. The number of aryl methyl sites for hydroxylation is 1. The first kappa shape index (κ1) is 9.21. The molecule has 2 nitrogen and oxygen atoms in total. The summed E-state index contributed by atoms with van der Waals surface area (Å²) in [6, 6.07) is 8.15. The summed E-state index contributed by atoms with van der Waals surface area (Å²) in [5.41, 5.74) is 7.73. The first-order valence-electron chi connectivity index (χ1n) is 4.61. The highest BCUT2D eigenvalue weighted by Crippen LogP contribution is 2.17. The maximum atomic E-state index is 5.57. The molecule has 0 saturated heterocycles. The Hall–Kier alpha value is -1.35. The van der Waals surface area contributed by atoms with Gasteiger partial charge in [-0.15, -0.1) is 0 Å². The normalized spacial score (nSPS) is 10.6. The van der Waals surface area contributed by atoms with Gasteiger partial charge in [-0.05, 0) is 31.2 Å². The molecular weight excluding hydrogens is 192 g/mol. The molecule has 0 aliphatic rings. The van der Waals surface area contributed by atoms with Crippen LogP contribution in [-0.4, -0.2) is 9.56 Å². The number of hydrogen-bond acceptors (Lipinski definition) is 1. The Bertz CT molecular complexity index is 485. The fourth-order valence-corrected chi connectivity index (χ4v) is 1.76. The minimum atomic E-state index is 0.455. The van der Waals surface area contributed by atoms with Crippen LogP contribution in [0.4, 0.5) is 0 Å². The summed E-state index contributed by atoms with van der Waals surface area (Å²) in [5.74, 6) is 0. The zero-order valence-electron chi connectivity index (χ0n) is 8.03. The number of aromatic nitrogens is 1. The van der Waals surface area contributed by atoms with E-state index >= 15 is 0 Å². The topological polar surface area (TPSA) is 30.9 Å². The Morgan fingerprint density at radius 3 is 2.86 bits per heavy atom. The van der Waals surface area contributed by atoms with E-state index in [4.69, 9.17) is 18.0 Å². The van der Waals surface area contributed by atoms with E-state index in [1.807, 2.05) is 12.1 Å². The predicted molar refractivity (Wildman–Crippen MR) is 63.5 cm³/mol. The van der Waals surface area contributed by atoms with Crippen LogP contribution in [0, 0.1) is 0 Å². The minimum Gasteiger partial charge on any atom is -0.389 e. The Kier molecular flexibility index (Phi) is 2.25. The Morgan fingerprint density at radius 2 is 2.21 bits per heavy atom. The second-order valence-corrected chi connectivity index (χ2v) is 3.68. The third-order valence-electron chi connectivity index (χ3n) is 2.40. The van der Waals surface area contributed by atoms with Crippen molar-refractivity contribution in [3.8, 4) is 0 Å². The van der Waals surface area contributed by atoms with Gasteiger partial charge >= 0.3 is 0 Å². The number of nitrogens with two attached hydrogens (primary N) is 1. The minimum absolute atomic E-state index is 0.455. The van der Waals surface area contributed by atoms with Gasteiger partial charge in [0.05, 0.1) is 0 Å². The highest BCUT2D eigenvalue weighted by molar-refractivity contribution is 7.80. The molecule has 1 aromatic carbocycles. The van der Waals surface area contributed by atoms with Crippen LogP contribution in [0.25, 0.3) is 10.9 Å². The lowest BCUT2D eigenvalue weighted by atomic mass is 10.1. The second kappa shape index (κ2) is 3.42. The van der Waals surface area contributed by atoms with Crippen LogP contribution in [0.15, 0.2) is 30.5 Å². The number of benzene rings is 1. The quantitative estimate of drug-likeness (QED) is 0.761. The lowest BCUT2D eigenvalue weighted by Gasteiger charge is -2.02. The molecule has 1 heterocycles. The Morgan fingerprint density at radius 1 is 1.43 bits per heavy atom. The van der Waals surface area contributed by atoms with Crippen molar-refractivity contribution in [3.63, 3.8) is 0 Å². The number of hydrogen-bond donors (Lipinski definition) is 1. The van der Waals surface area contributed by atoms with Gasteiger partial charge < -0.3 is 10.3 Å². The summed E-state index contributed by atoms with van der Waals surface area (Å²) < 4.78 is 2.19. The van der Waals surface area contributed by atoms with E-state index in [0.29, 0.717) is 4.99 Å². The average molecular weight is 204 g/mol. The van der Waals surface area contributed by atoms with Crippen LogP contribution in [-0.2, 0) is 6.54 Å². The van der Waals surface area contributed by atoms with Crippen LogP contribution < -0.4 is 5.73 Å². The first-order valence-corrected chi connectivity index (χ1v) is 5.02. The SMILES string of the molecule is CCn1ccc2cc(C(N)=S)ccc21. The van der Waals surface area contributed by atoms with Crippen molar-refractivity contribution in [2.75, 3.05) is 0 Å². The molecule has 0 amide bonds. The van der Waals surface area contributed by atoms with E-state index in [9.17, 15) is 0 Å². The lowest BCUT2D eigenvalue weighted by molar-refractivity contribution is 0.797. The third kappa shape index (κ3) is 1.40. The molecular formula is C11H12N2S. The molecule has 0 radical (unpaired) electrons. The molecule has 0 aliphatic carbocycles. The molecule has 72 valence electrons. The van der Waals surface area contributed by atoms with Gasteiger partial charge in [0.2, 0.25) is 0 Å². The van der Waals surface area contributed by atoms with Crippen LogP contribution in [0.1, 0.15) is 12.5 Å². The van der Waals surface area contributed by atoms with Crippen molar-refractivity contribution in [1.82, 2.24) is 4.57 Å². The average Bonchev–Trinajstić information content (AvgIpc) is 2.59. The molecule has 0 unspecified atom stereocenters. The Balaban J connectivity index is 2.63. The standard InChI is InChI=1S/C11H12N2S/c1-2-13-6-5-8-7-9(11(12)14)3-4-10(8)13/h3-7H,2H2,1H3,(H2,12,14). The van der Waals surface area contributed by atoms with Crippen molar-refractivity contribution in [3.05, 3.63) is 36.0 Å². The van der Waals surface area contributed by atoms with Gasteiger partial charge in [0.15, 0.2) is 0 Å². The molecule has 2 aromatic rings. The van der Waals surface area contributed by atoms with Crippen molar-refractivity contribution in [1.29, 1.82) is 0 Å². The summed E-state index contributed by atoms with van der Waals surface area (Å²) in [6.45, 7) is 3.11. The molecule has 2 N–H and O–H groups in total. The monoisotopic (exact) mass is 204 g/mol. The second-order valence-electron chi connectivity index (χ2n) is 3.24. The van der Waals surface area contributed by atoms with Crippen LogP contribution in [0.3, 0.4) is 0 Å². The van der Waals surface area contributed by atoms with Crippen molar-refractivity contribution >= 4 is 28.1 Å². The lowest BCUT2D eigenvalue weighted by Crippen LogP contribution is -2.08. The van der Waals surface area contributed by atoms with Crippen molar-refractivity contribution < 1.29 is 0 Å². The van der Waals surface area contributed by atoms with Gasteiger partial charge in [0.25, 0.3) is 0 Å². The molecule has 0 atom stereocenters. The summed E-state index contributed by atoms with van der Waals surface area (Å²) in [6.07, 6.45) is 2.08. The Labute approximate surface area is 88.3 Å². The van der Waals surface area contributed by atoms with E-state index in [1.165, 1.54) is 10.9 Å². The summed E-state index contributed by atoms with van der Waals surface area (Å²) >= 11 is 4.93. The van der Waals surface area contributed by atoms with E-state index < -0.39 is 0 Å². The first-order chi connectivity index (χ1) is 6.72. The van der Waals surface area contributed by atoms with Crippen LogP contribution in [0.2, 0.25) is 0 Å². The van der Waals surface area contributed by atoms with Gasteiger partial charge in [-0.2, -0.15) is 0 Å². The fourth-order valence-electron chi connectivity index (χ4n) is 1.63. The van der Waals surface area contributed by atoms with Gasteiger partial charge in [0, 0.05) is 29.2 Å². The number of fused-ring (bicyclic) bond motifs is 1. The summed E-state index contributed by atoms with van der Waals surface area (Å²) in [5, 5.41) is 1.19. The molecule has 3 heteroatoms. The van der Waals surface area contributed by atoms with Crippen LogP contribution in [0.5, 0.6) is 0 Å². The van der Waals surface area contributed by atoms with Crippen molar-refractivity contribution in [2.24, 2.45) is 5.73 Å². The molecule has 1 aromatic heterocycles. The van der Waals surface area contributed by atoms with Gasteiger partial charge in [-0.1, -0.05) is 12.2 Å². The highest BCUT2D eigenvalue weighted by Gasteiger charge is 2.01. The molecule has 0 saturated carbocycles. The molecule has 0 spiro atoms. The number of thiocarbonyl (C=S) groups is 1. The van der Waals surface area contributed by atoms with Crippen LogP contribution >= 0.6 is 12.2 Å². The molecule has 0 fully saturated rings. The summed E-state index contributed by atoms with van der Waals surface area (Å²) in [7, 11) is 0. The van der Waals surface area contributed by atoms with E-state index in [1.54, 1.807) is 0 Å². The number of rotatable bonds is 2. The molecule has 0 bridgehead atoms. The van der Waals surface area contributed by atoms with Gasteiger partial charge in [-0.3, -0.25) is 0 Å². The maximum Gasteiger partial charge on any atom is 0.104 e. The van der Waals surface area contributed by atoms with E-state index in [0.717, 1.165) is 12.1 Å².